The van der Waals surface area contributed by atoms with E-state index in [0.717, 1.165) is 22.7 Å². The van der Waals surface area contributed by atoms with Crippen molar-refractivity contribution in [3.8, 4) is 22.8 Å². The number of fused-ring (bicyclic) bond motifs is 1. The van der Waals surface area contributed by atoms with E-state index in [1.54, 1.807) is 7.11 Å². The van der Waals surface area contributed by atoms with Crippen LogP contribution in [0.4, 0.5) is 0 Å². The van der Waals surface area contributed by atoms with Crippen molar-refractivity contribution in [1.82, 2.24) is 10.5 Å². The molecule has 0 saturated heterocycles. The van der Waals surface area contributed by atoms with Gasteiger partial charge in [-0.15, -0.1) is 5.48 Å². The fraction of sp³-hybridized carbons (Fsp3) is 0.214. The molecule has 1 unspecified atom stereocenters. The van der Waals surface area contributed by atoms with Gasteiger partial charge in [-0.1, -0.05) is 11.6 Å². The van der Waals surface area contributed by atoms with E-state index in [9.17, 15) is 0 Å². The number of halogens is 1. The fourth-order valence-corrected chi connectivity index (χ4v) is 2.27. The molecule has 0 spiro atoms. The molecule has 98 valence electrons. The average Bonchev–Trinajstić information content (AvgIpc) is 2.81. The third-order valence-electron chi connectivity index (χ3n) is 3.09. The average molecular weight is 277 g/mol. The highest BCUT2D eigenvalue weighted by Crippen LogP contribution is 2.38. The Bertz CT molecular complexity index is 614. The first-order chi connectivity index (χ1) is 9.19. The van der Waals surface area contributed by atoms with E-state index in [-0.39, 0.29) is 6.04 Å². The molecule has 1 atom stereocenters. The zero-order valence-electron chi connectivity index (χ0n) is 10.6. The van der Waals surface area contributed by atoms with Gasteiger partial charge in [0.1, 0.15) is 11.4 Å². The topological polar surface area (TPSA) is 43.4 Å². The van der Waals surface area contributed by atoms with Gasteiger partial charge in [-0.2, -0.15) is 0 Å². The first-order valence-electron chi connectivity index (χ1n) is 5.96. The van der Waals surface area contributed by atoms with E-state index >= 15 is 0 Å². The monoisotopic (exact) mass is 276 g/mol. The van der Waals surface area contributed by atoms with Crippen LogP contribution in [-0.2, 0) is 0 Å². The maximum Gasteiger partial charge on any atom is 0.188 e. The van der Waals surface area contributed by atoms with Crippen LogP contribution in [0.15, 0.2) is 30.3 Å². The molecule has 0 bridgehead atoms. The van der Waals surface area contributed by atoms with Crippen molar-refractivity contribution in [2.45, 2.75) is 13.0 Å². The molecule has 0 amide bonds. The molecule has 5 heteroatoms. The number of benzene rings is 1. The van der Waals surface area contributed by atoms with Gasteiger partial charge in [0.15, 0.2) is 5.75 Å². The molecule has 1 aliphatic rings. The van der Waals surface area contributed by atoms with Gasteiger partial charge < -0.3 is 9.57 Å². The summed E-state index contributed by atoms with van der Waals surface area (Å²) in [6.45, 7) is 1.98. The van der Waals surface area contributed by atoms with Gasteiger partial charge in [0.2, 0.25) is 0 Å². The second-order valence-electron chi connectivity index (χ2n) is 4.37. The lowest BCUT2D eigenvalue weighted by Crippen LogP contribution is -2.13. The summed E-state index contributed by atoms with van der Waals surface area (Å²) in [7, 11) is 1.64. The van der Waals surface area contributed by atoms with Crippen LogP contribution < -0.4 is 15.1 Å². The van der Waals surface area contributed by atoms with E-state index in [1.165, 1.54) is 0 Å². The molecule has 0 aliphatic carbocycles. The predicted molar refractivity (Wildman–Crippen MR) is 73.4 cm³/mol. The van der Waals surface area contributed by atoms with Gasteiger partial charge in [0.05, 0.1) is 23.9 Å². The standard InChI is InChI=1S/C14H13ClN2O2/c1-8-13-14(19-17-8)11(15)7-12(16-13)9-3-5-10(18-2)6-4-9/h3-8,17H,1-2H3. The lowest BCUT2D eigenvalue weighted by Gasteiger charge is -2.07. The molecular weight excluding hydrogens is 264 g/mol. The fourth-order valence-electron chi connectivity index (χ4n) is 2.03. The third-order valence-corrected chi connectivity index (χ3v) is 3.37. The second kappa shape index (κ2) is 4.72. The number of hydroxylamine groups is 1. The van der Waals surface area contributed by atoms with Crippen LogP contribution >= 0.6 is 11.6 Å². The predicted octanol–water partition coefficient (Wildman–Crippen LogP) is 3.37. The van der Waals surface area contributed by atoms with E-state index in [0.29, 0.717) is 10.8 Å². The van der Waals surface area contributed by atoms with Gasteiger partial charge in [-0.3, -0.25) is 0 Å². The maximum absolute atomic E-state index is 6.22. The number of hydrogen-bond donors (Lipinski definition) is 1. The van der Waals surface area contributed by atoms with Crippen LogP contribution in [0.5, 0.6) is 11.5 Å². The van der Waals surface area contributed by atoms with E-state index in [2.05, 4.69) is 10.5 Å². The van der Waals surface area contributed by atoms with Crippen LogP contribution in [0.1, 0.15) is 18.7 Å². The van der Waals surface area contributed by atoms with Crippen molar-refractivity contribution in [3.05, 3.63) is 41.0 Å². The molecule has 3 rings (SSSR count). The minimum Gasteiger partial charge on any atom is -0.497 e. The molecule has 0 saturated carbocycles. The summed E-state index contributed by atoms with van der Waals surface area (Å²) in [5.41, 5.74) is 5.50. The zero-order valence-corrected chi connectivity index (χ0v) is 11.4. The molecule has 2 aromatic rings. The molecule has 1 aliphatic heterocycles. The Balaban J connectivity index is 2.05. The maximum atomic E-state index is 6.22. The number of rotatable bonds is 2. The van der Waals surface area contributed by atoms with Gasteiger partial charge in [0, 0.05) is 5.56 Å². The summed E-state index contributed by atoms with van der Waals surface area (Å²) in [6.07, 6.45) is 0. The van der Waals surface area contributed by atoms with Crippen molar-refractivity contribution in [1.29, 1.82) is 0 Å². The van der Waals surface area contributed by atoms with Crippen LogP contribution in [0.3, 0.4) is 0 Å². The normalized spacial score (nSPS) is 16.9. The highest BCUT2D eigenvalue weighted by Gasteiger charge is 2.25. The van der Waals surface area contributed by atoms with Crippen molar-refractivity contribution in [2.75, 3.05) is 7.11 Å². The summed E-state index contributed by atoms with van der Waals surface area (Å²) in [5, 5.41) is 0.563. The molecule has 0 fully saturated rings. The minimum absolute atomic E-state index is 0.0331. The summed E-state index contributed by atoms with van der Waals surface area (Å²) in [4.78, 5) is 9.91. The molecule has 1 aromatic heterocycles. The molecule has 19 heavy (non-hydrogen) atoms. The molecular formula is C14H13ClN2O2. The highest BCUT2D eigenvalue weighted by atomic mass is 35.5. The number of nitrogens with zero attached hydrogens (tertiary/aromatic N) is 1. The second-order valence-corrected chi connectivity index (χ2v) is 4.78. The van der Waals surface area contributed by atoms with Crippen molar-refractivity contribution < 1.29 is 9.57 Å². The Morgan fingerprint density at radius 2 is 2.05 bits per heavy atom. The van der Waals surface area contributed by atoms with E-state index in [1.807, 2.05) is 37.3 Å². The first kappa shape index (κ1) is 12.3. The lowest BCUT2D eigenvalue weighted by atomic mass is 10.1. The van der Waals surface area contributed by atoms with Crippen LogP contribution in [0, 0.1) is 0 Å². The molecule has 2 heterocycles. The quantitative estimate of drug-likeness (QED) is 0.913. The SMILES string of the molecule is COc1ccc(-c2cc(Cl)c3c(n2)C(C)NO3)cc1. The molecule has 1 N–H and O–H groups in total. The Morgan fingerprint density at radius 3 is 2.74 bits per heavy atom. The zero-order chi connectivity index (χ0) is 13.4. The third kappa shape index (κ3) is 2.13. The van der Waals surface area contributed by atoms with Gasteiger partial charge >= 0.3 is 0 Å². The van der Waals surface area contributed by atoms with Crippen LogP contribution in [0.2, 0.25) is 5.02 Å². The lowest BCUT2D eigenvalue weighted by molar-refractivity contribution is 0.200. The highest BCUT2D eigenvalue weighted by molar-refractivity contribution is 6.32. The van der Waals surface area contributed by atoms with Crippen LogP contribution in [-0.4, -0.2) is 12.1 Å². The van der Waals surface area contributed by atoms with Gasteiger partial charge in [-0.05, 0) is 37.3 Å². The summed E-state index contributed by atoms with van der Waals surface area (Å²) < 4.78 is 5.14. The smallest absolute Gasteiger partial charge is 0.188 e. The molecule has 0 radical (unpaired) electrons. The van der Waals surface area contributed by atoms with Crippen molar-refractivity contribution >= 4 is 11.6 Å². The Hall–Kier alpha value is -1.78. The number of ether oxygens (including phenoxy) is 1. The summed E-state index contributed by atoms with van der Waals surface area (Å²) in [6, 6.07) is 9.55. The number of hydrogen-bond acceptors (Lipinski definition) is 4. The number of pyridine rings is 1. The number of aromatic nitrogens is 1. The van der Waals surface area contributed by atoms with E-state index < -0.39 is 0 Å². The Morgan fingerprint density at radius 1 is 1.32 bits per heavy atom. The van der Waals surface area contributed by atoms with Crippen molar-refractivity contribution in [3.63, 3.8) is 0 Å². The Kier molecular flexibility index (Phi) is 3.05. The summed E-state index contributed by atoms with van der Waals surface area (Å²) >= 11 is 6.22. The van der Waals surface area contributed by atoms with Crippen LogP contribution in [0.25, 0.3) is 11.3 Å². The van der Waals surface area contributed by atoms with E-state index in [4.69, 9.17) is 21.2 Å². The van der Waals surface area contributed by atoms with Crippen molar-refractivity contribution in [2.24, 2.45) is 0 Å². The molecule has 1 aromatic carbocycles. The largest absolute Gasteiger partial charge is 0.497 e. The number of methoxy groups -OCH3 is 1. The molecule has 4 nitrogen and oxygen atoms in total. The minimum atomic E-state index is 0.0331. The summed E-state index contributed by atoms with van der Waals surface area (Å²) in [5.74, 6) is 1.43. The Labute approximate surface area is 116 Å². The van der Waals surface area contributed by atoms with Gasteiger partial charge in [0.25, 0.3) is 0 Å². The first-order valence-corrected chi connectivity index (χ1v) is 6.34. The number of nitrogens with one attached hydrogen (secondary N) is 1. The van der Waals surface area contributed by atoms with Gasteiger partial charge in [-0.25, -0.2) is 4.98 Å².